The molecule has 1 aromatic heterocycles. The van der Waals surface area contributed by atoms with Gasteiger partial charge in [0.2, 0.25) is 0 Å². The number of carbonyl (C=O) groups is 1. The van der Waals surface area contributed by atoms with E-state index in [4.69, 9.17) is 5.73 Å². The quantitative estimate of drug-likeness (QED) is 0.370. The summed E-state index contributed by atoms with van der Waals surface area (Å²) in [5.74, 6) is 0.420. The van der Waals surface area contributed by atoms with Crippen molar-refractivity contribution in [3.63, 3.8) is 0 Å². The fourth-order valence-corrected chi connectivity index (χ4v) is 1.57. The third-order valence-corrected chi connectivity index (χ3v) is 2.41. The zero-order valence-electron chi connectivity index (χ0n) is 9.18. The number of pyridine rings is 1. The predicted octanol–water partition coefficient (Wildman–Crippen LogP) is 0.913. The van der Waals surface area contributed by atoms with Crippen LogP contribution in [0.1, 0.15) is 10.4 Å². The number of thiocarbonyl (C=S) groups is 1. The first kappa shape index (κ1) is 12.1. The molecule has 0 unspecified atom stereocenters. The molecule has 1 heterocycles. The fourth-order valence-electron chi connectivity index (χ4n) is 1.52. The summed E-state index contributed by atoms with van der Waals surface area (Å²) >= 11 is 4.64. The zero-order valence-corrected chi connectivity index (χ0v) is 9.99. The molecule has 0 fully saturated rings. The third kappa shape index (κ3) is 2.30. The summed E-state index contributed by atoms with van der Waals surface area (Å²) in [6, 6.07) is 6.27. The van der Waals surface area contributed by atoms with Gasteiger partial charge in [0.15, 0.2) is 11.4 Å². The van der Waals surface area contributed by atoms with Crippen molar-refractivity contribution in [2.75, 3.05) is 5.43 Å². The van der Waals surface area contributed by atoms with E-state index < -0.39 is 0 Å². The average Bonchev–Trinajstić information content (AvgIpc) is 2.37. The van der Waals surface area contributed by atoms with Crippen LogP contribution in [-0.2, 0) is 0 Å². The lowest BCUT2D eigenvalue weighted by Gasteiger charge is -2.09. The fraction of sp³-hybridized carbons (Fsp3) is 0. The molecule has 0 aliphatic heterocycles. The Morgan fingerprint density at radius 1 is 1.39 bits per heavy atom. The summed E-state index contributed by atoms with van der Waals surface area (Å²) in [6.07, 6.45) is 0.712. The van der Waals surface area contributed by atoms with Crippen LogP contribution in [0.4, 0.5) is 5.82 Å². The van der Waals surface area contributed by atoms with Crippen LogP contribution in [0.3, 0.4) is 0 Å². The summed E-state index contributed by atoms with van der Waals surface area (Å²) in [6.45, 7) is 0. The molecule has 5 N–H and O–H groups in total. The van der Waals surface area contributed by atoms with Crippen molar-refractivity contribution in [1.82, 2.24) is 10.4 Å². The molecule has 2 rings (SSSR count). The van der Waals surface area contributed by atoms with Crippen LogP contribution in [0.25, 0.3) is 10.9 Å². The number of rotatable bonds is 3. The van der Waals surface area contributed by atoms with Crippen LogP contribution in [0.2, 0.25) is 0 Å². The van der Waals surface area contributed by atoms with Gasteiger partial charge in [0.1, 0.15) is 17.1 Å². The van der Waals surface area contributed by atoms with E-state index in [2.05, 4.69) is 28.1 Å². The molecule has 0 aliphatic rings. The van der Waals surface area contributed by atoms with Gasteiger partial charge in [-0.2, -0.15) is 0 Å². The van der Waals surface area contributed by atoms with E-state index in [1.54, 1.807) is 12.1 Å². The minimum Gasteiger partial charge on any atom is -0.506 e. The zero-order chi connectivity index (χ0) is 13.1. The number of hydrogen-bond acceptors (Lipinski definition) is 5. The number of nitrogens with two attached hydrogens (primary N) is 1. The van der Waals surface area contributed by atoms with Crippen molar-refractivity contribution in [3.05, 3.63) is 29.8 Å². The largest absolute Gasteiger partial charge is 0.506 e. The number of anilines is 1. The van der Waals surface area contributed by atoms with Crippen molar-refractivity contribution in [2.24, 2.45) is 5.73 Å². The Kier molecular flexibility index (Phi) is 3.24. The van der Waals surface area contributed by atoms with Gasteiger partial charge in [-0.1, -0.05) is 0 Å². The van der Waals surface area contributed by atoms with Gasteiger partial charge in [0, 0.05) is 10.9 Å². The highest BCUT2D eigenvalue weighted by Gasteiger charge is 2.07. The molecular formula is C11H10N4O2S. The second-order valence-electron chi connectivity index (χ2n) is 3.50. The van der Waals surface area contributed by atoms with E-state index in [1.165, 1.54) is 12.1 Å². The molecule has 0 saturated carbocycles. The molecule has 2 aromatic rings. The highest BCUT2D eigenvalue weighted by Crippen LogP contribution is 2.26. The minimum atomic E-state index is -0.00502. The van der Waals surface area contributed by atoms with E-state index in [1.807, 2.05) is 0 Å². The lowest BCUT2D eigenvalue weighted by molar-refractivity contribution is 0.112. The summed E-state index contributed by atoms with van der Waals surface area (Å²) in [5.41, 5.74) is 11.2. The Hall–Kier alpha value is -2.41. The number of aldehydes is 1. The number of phenols is 1. The molecular weight excluding hydrogens is 252 g/mol. The molecule has 0 amide bonds. The van der Waals surface area contributed by atoms with Gasteiger partial charge < -0.3 is 10.8 Å². The van der Waals surface area contributed by atoms with E-state index in [-0.39, 0.29) is 10.9 Å². The number of aromatic nitrogens is 1. The monoisotopic (exact) mass is 262 g/mol. The van der Waals surface area contributed by atoms with Gasteiger partial charge in [0.25, 0.3) is 0 Å². The molecule has 92 valence electrons. The number of carbonyl (C=O) groups excluding carboxylic acids is 1. The molecule has 0 aliphatic carbocycles. The van der Waals surface area contributed by atoms with Crippen LogP contribution >= 0.6 is 12.2 Å². The van der Waals surface area contributed by atoms with Crippen molar-refractivity contribution in [3.8, 4) is 5.75 Å². The van der Waals surface area contributed by atoms with E-state index in [9.17, 15) is 9.90 Å². The number of fused-ring (bicyclic) bond motifs is 1. The third-order valence-electron chi connectivity index (χ3n) is 2.31. The summed E-state index contributed by atoms with van der Waals surface area (Å²) < 4.78 is 0. The number of benzene rings is 1. The predicted molar refractivity (Wildman–Crippen MR) is 72.3 cm³/mol. The van der Waals surface area contributed by atoms with Gasteiger partial charge in [-0.05, 0) is 36.5 Å². The normalized spacial score (nSPS) is 10.0. The Morgan fingerprint density at radius 2 is 2.17 bits per heavy atom. The lowest BCUT2D eigenvalue weighted by atomic mass is 10.1. The van der Waals surface area contributed by atoms with E-state index >= 15 is 0 Å². The SMILES string of the molecule is NC(=S)NNc1ccc2c(C=O)ccc(O)c2n1. The number of phenolic OH excluding ortho intramolecular Hbond substituents is 1. The lowest BCUT2D eigenvalue weighted by Crippen LogP contribution is -2.34. The Bertz CT molecular complexity index is 630. The number of aromatic hydroxyl groups is 1. The number of hydrazine groups is 1. The number of nitrogens with one attached hydrogen (secondary N) is 2. The molecule has 7 heteroatoms. The topological polar surface area (TPSA) is 100 Å². The van der Waals surface area contributed by atoms with Crippen molar-refractivity contribution in [1.29, 1.82) is 0 Å². The Labute approximate surface area is 108 Å². The molecule has 0 bridgehead atoms. The Morgan fingerprint density at radius 3 is 2.83 bits per heavy atom. The van der Waals surface area contributed by atoms with Crippen LogP contribution in [0.15, 0.2) is 24.3 Å². The first-order chi connectivity index (χ1) is 8.61. The minimum absolute atomic E-state index is 0.00502. The maximum absolute atomic E-state index is 10.9. The second-order valence-corrected chi connectivity index (χ2v) is 3.94. The van der Waals surface area contributed by atoms with Crippen molar-refractivity contribution >= 4 is 40.3 Å². The summed E-state index contributed by atoms with van der Waals surface area (Å²) in [5, 5.41) is 10.4. The molecule has 0 radical (unpaired) electrons. The maximum atomic E-state index is 10.9. The highest BCUT2D eigenvalue weighted by molar-refractivity contribution is 7.80. The molecule has 0 atom stereocenters. The maximum Gasteiger partial charge on any atom is 0.182 e. The van der Waals surface area contributed by atoms with Gasteiger partial charge in [-0.3, -0.25) is 15.6 Å². The first-order valence-corrected chi connectivity index (χ1v) is 5.42. The van der Waals surface area contributed by atoms with E-state index in [0.29, 0.717) is 28.6 Å². The number of nitrogens with zero attached hydrogens (tertiary/aromatic N) is 1. The van der Waals surface area contributed by atoms with Crippen molar-refractivity contribution in [2.45, 2.75) is 0 Å². The van der Waals surface area contributed by atoms with Crippen molar-refractivity contribution < 1.29 is 9.90 Å². The standard InChI is InChI=1S/C11H10N4O2S/c12-11(18)15-14-9-4-2-7-6(5-16)1-3-8(17)10(7)13-9/h1-5,17H,(H,13,14)(H3,12,15,18). The second kappa shape index (κ2) is 4.84. The number of hydrogen-bond donors (Lipinski definition) is 4. The molecule has 0 spiro atoms. The van der Waals surface area contributed by atoms with Crippen LogP contribution in [0.5, 0.6) is 5.75 Å². The highest BCUT2D eigenvalue weighted by atomic mass is 32.1. The first-order valence-electron chi connectivity index (χ1n) is 5.01. The van der Waals surface area contributed by atoms with Gasteiger partial charge in [0.05, 0.1) is 0 Å². The Balaban J connectivity index is 2.47. The average molecular weight is 262 g/mol. The molecule has 0 saturated heterocycles. The molecule has 18 heavy (non-hydrogen) atoms. The van der Waals surface area contributed by atoms with Gasteiger partial charge in [-0.15, -0.1) is 0 Å². The van der Waals surface area contributed by atoms with Crippen LogP contribution < -0.4 is 16.6 Å². The van der Waals surface area contributed by atoms with Gasteiger partial charge in [-0.25, -0.2) is 4.98 Å². The van der Waals surface area contributed by atoms with Crippen LogP contribution in [0, 0.1) is 0 Å². The molecule has 6 nitrogen and oxygen atoms in total. The molecule has 1 aromatic carbocycles. The smallest absolute Gasteiger partial charge is 0.182 e. The summed E-state index contributed by atoms with van der Waals surface area (Å²) in [7, 11) is 0. The van der Waals surface area contributed by atoms with Gasteiger partial charge >= 0.3 is 0 Å². The summed E-state index contributed by atoms with van der Waals surface area (Å²) in [4.78, 5) is 15.0. The van der Waals surface area contributed by atoms with Crippen LogP contribution in [-0.4, -0.2) is 21.5 Å². The van der Waals surface area contributed by atoms with E-state index in [0.717, 1.165) is 0 Å².